The first kappa shape index (κ1) is 12.1. The SMILES string of the molecule is C[C@@H](O)c1cccnc1Oc1ccccc1Br. The summed E-state index contributed by atoms with van der Waals surface area (Å²) in [5.74, 6) is 1.10. The highest BCUT2D eigenvalue weighted by atomic mass is 79.9. The molecule has 0 aliphatic carbocycles. The Morgan fingerprint density at radius 3 is 2.71 bits per heavy atom. The van der Waals surface area contributed by atoms with Gasteiger partial charge in [0.1, 0.15) is 5.75 Å². The lowest BCUT2D eigenvalue weighted by Crippen LogP contribution is -1.98. The third kappa shape index (κ3) is 2.84. The number of hydrogen-bond acceptors (Lipinski definition) is 3. The van der Waals surface area contributed by atoms with Gasteiger partial charge in [0.25, 0.3) is 0 Å². The van der Waals surface area contributed by atoms with E-state index in [1.54, 1.807) is 25.3 Å². The van der Waals surface area contributed by atoms with Crippen LogP contribution in [-0.2, 0) is 0 Å². The average Bonchev–Trinajstić information content (AvgIpc) is 2.32. The molecular weight excluding hydrogens is 282 g/mol. The van der Waals surface area contributed by atoms with Crippen molar-refractivity contribution in [1.29, 1.82) is 0 Å². The fourth-order valence-electron chi connectivity index (χ4n) is 1.44. The molecule has 4 heteroatoms. The van der Waals surface area contributed by atoms with E-state index in [4.69, 9.17) is 4.74 Å². The van der Waals surface area contributed by atoms with Crippen molar-refractivity contribution in [3.05, 3.63) is 52.6 Å². The Labute approximate surface area is 108 Å². The normalized spacial score (nSPS) is 12.2. The van der Waals surface area contributed by atoms with Gasteiger partial charge in [0, 0.05) is 11.8 Å². The molecule has 1 aromatic heterocycles. The van der Waals surface area contributed by atoms with Crippen LogP contribution in [0.25, 0.3) is 0 Å². The number of aliphatic hydroxyl groups excluding tert-OH is 1. The monoisotopic (exact) mass is 293 g/mol. The topological polar surface area (TPSA) is 42.4 Å². The van der Waals surface area contributed by atoms with Gasteiger partial charge in [-0.1, -0.05) is 12.1 Å². The van der Waals surface area contributed by atoms with Crippen molar-refractivity contribution in [2.75, 3.05) is 0 Å². The summed E-state index contributed by atoms with van der Waals surface area (Å²) in [5.41, 5.74) is 0.670. The predicted molar refractivity (Wildman–Crippen MR) is 69.1 cm³/mol. The second-order valence-electron chi connectivity index (χ2n) is 3.61. The Morgan fingerprint density at radius 1 is 1.24 bits per heavy atom. The molecular formula is C13H12BrNO2. The van der Waals surface area contributed by atoms with Gasteiger partial charge in [-0.3, -0.25) is 0 Å². The van der Waals surface area contributed by atoms with E-state index in [9.17, 15) is 5.11 Å². The van der Waals surface area contributed by atoms with Crippen molar-refractivity contribution in [2.24, 2.45) is 0 Å². The van der Waals surface area contributed by atoms with Crippen LogP contribution in [0.3, 0.4) is 0 Å². The van der Waals surface area contributed by atoms with Gasteiger partial charge in [-0.05, 0) is 47.1 Å². The number of hydrogen-bond donors (Lipinski definition) is 1. The Morgan fingerprint density at radius 2 is 2.00 bits per heavy atom. The first-order valence-electron chi connectivity index (χ1n) is 5.24. The summed E-state index contributed by atoms with van der Waals surface area (Å²) in [5, 5.41) is 9.62. The molecule has 0 spiro atoms. The summed E-state index contributed by atoms with van der Waals surface area (Å²) in [4.78, 5) is 4.13. The summed E-state index contributed by atoms with van der Waals surface area (Å²) in [6.45, 7) is 1.68. The van der Waals surface area contributed by atoms with Crippen molar-refractivity contribution in [2.45, 2.75) is 13.0 Å². The molecule has 0 fully saturated rings. The van der Waals surface area contributed by atoms with Gasteiger partial charge in [0.15, 0.2) is 0 Å². The van der Waals surface area contributed by atoms with Crippen LogP contribution in [0, 0.1) is 0 Å². The van der Waals surface area contributed by atoms with E-state index in [0.717, 1.165) is 4.47 Å². The number of pyridine rings is 1. The molecule has 17 heavy (non-hydrogen) atoms. The lowest BCUT2D eigenvalue weighted by atomic mass is 10.2. The summed E-state index contributed by atoms with van der Waals surface area (Å²) >= 11 is 3.40. The third-order valence-electron chi connectivity index (χ3n) is 2.29. The van der Waals surface area contributed by atoms with Gasteiger partial charge in [-0.2, -0.15) is 0 Å². The van der Waals surface area contributed by atoms with Crippen molar-refractivity contribution >= 4 is 15.9 Å². The molecule has 1 heterocycles. The first-order valence-corrected chi connectivity index (χ1v) is 6.03. The van der Waals surface area contributed by atoms with E-state index in [2.05, 4.69) is 20.9 Å². The van der Waals surface area contributed by atoms with Crippen LogP contribution >= 0.6 is 15.9 Å². The summed E-state index contributed by atoms with van der Waals surface area (Å²) in [6, 6.07) is 11.1. The van der Waals surface area contributed by atoms with Crippen LogP contribution in [0.15, 0.2) is 47.1 Å². The van der Waals surface area contributed by atoms with E-state index in [-0.39, 0.29) is 0 Å². The third-order valence-corrected chi connectivity index (χ3v) is 2.95. The highest BCUT2D eigenvalue weighted by Gasteiger charge is 2.11. The Kier molecular flexibility index (Phi) is 3.76. The number of nitrogens with zero attached hydrogens (tertiary/aromatic N) is 1. The van der Waals surface area contributed by atoms with E-state index in [0.29, 0.717) is 17.2 Å². The smallest absolute Gasteiger partial charge is 0.225 e. The minimum atomic E-state index is -0.610. The quantitative estimate of drug-likeness (QED) is 0.938. The zero-order valence-electron chi connectivity index (χ0n) is 9.30. The molecule has 1 N–H and O–H groups in total. The second-order valence-corrected chi connectivity index (χ2v) is 4.46. The van der Waals surface area contributed by atoms with Crippen LogP contribution in [0.1, 0.15) is 18.6 Å². The molecule has 0 saturated carbocycles. The number of aliphatic hydroxyl groups is 1. The Balaban J connectivity index is 2.34. The molecule has 2 aromatic rings. The molecule has 0 aliphatic rings. The molecule has 0 aliphatic heterocycles. The number of ether oxygens (including phenoxy) is 1. The maximum Gasteiger partial charge on any atom is 0.225 e. The second kappa shape index (κ2) is 5.29. The van der Waals surface area contributed by atoms with Gasteiger partial charge in [-0.15, -0.1) is 0 Å². The Bertz CT molecular complexity index is 514. The largest absolute Gasteiger partial charge is 0.437 e. The molecule has 0 bridgehead atoms. The minimum absolute atomic E-state index is 0.425. The molecule has 88 valence electrons. The van der Waals surface area contributed by atoms with Gasteiger partial charge >= 0.3 is 0 Å². The fourth-order valence-corrected chi connectivity index (χ4v) is 1.80. The maximum absolute atomic E-state index is 9.62. The van der Waals surface area contributed by atoms with Crippen LogP contribution in [0.2, 0.25) is 0 Å². The molecule has 0 unspecified atom stereocenters. The Hall–Kier alpha value is -1.39. The fraction of sp³-hybridized carbons (Fsp3) is 0.154. The van der Waals surface area contributed by atoms with Crippen molar-refractivity contribution in [1.82, 2.24) is 4.98 Å². The average molecular weight is 294 g/mol. The van der Waals surface area contributed by atoms with Crippen molar-refractivity contribution < 1.29 is 9.84 Å². The predicted octanol–water partition coefficient (Wildman–Crippen LogP) is 3.69. The van der Waals surface area contributed by atoms with Crippen LogP contribution in [0.4, 0.5) is 0 Å². The van der Waals surface area contributed by atoms with Crippen LogP contribution < -0.4 is 4.74 Å². The first-order chi connectivity index (χ1) is 8.18. The van der Waals surface area contributed by atoms with E-state index < -0.39 is 6.10 Å². The maximum atomic E-state index is 9.62. The van der Waals surface area contributed by atoms with Gasteiger partial charge < -0.3 is 9.84 Å². The van der Waals surface area contributed by atoms with Crippen LogP contribution in [-0.4, -0.2) is 10.1 Å². The van der Waals surface area contributed by atoms with E-state index in [1.165, 1.54) is 0 Å². The lowest BCUT2D eigenvalue weighted by molar-refractivity contribution is 0.194. The highest BCUT2D eigenvalue weighted by molar-refractivity contribution is 9.10. The molecule has 3 nitrogen and oxygen atoms in total. The molecule has 0 radical (unpaired) electrons. The summed E-state index contributed by atoms with van der Waals surface area (Å²) in [6.07, 6.45) is 1.03. The number of halogens is 1. The number of para-hydroxylation sites is 1. The van der Waals surface area contributed by atoms with E-state index >= 15 is 0 Å². The van der Waals surface area contributed by atoms with Crippen LogP contribution in [0.5, 0.6) is 11.6 Å². The summed E-state index contributed by atoms with van der Waals surface area (Å²) in [7, 11) is 0. The van der Waals surface area contributed by atoms with E-state index in [1.807, 2.05) is 24.3 Å². The molecule has 2 rings (SSSR count). The van der Waals surface area contributed by atoms with Gasteiger partial charge in [-0.25, -0.2) is 4.98 Å². The zero-order valence-corrected chi connectivity index (χ0v) is 10.9. The van der Waals surface area contributed by atoms with Gasteiger partial charge in [0.05, 0.1) is 10.6 Å². The molecule has 1 atom stereocenters. The highest BCUT2D eigenvalue weighted by Crippen LogP contribution is 2.31. The van der Waals surface area contributed by atoms with Gasteiger partial charge in [0.2, 0.25) is 5.88 Å². The van der Waals surface area contributed by atoms with Crippen molar-refractivity contribution in [3.8, 4) is 11.6 Å². The minimum Gasteiger partial charge on any atom is -0.437 e. The molecule has 0 saturated heterocycles. The van der Waals surface area contributed by atoms with Crippen molar-refractivity contribution in [3.63, 3.8) is 0 Å². The summed E-state index contributed by atoms with van der Waals surface area (Å²) < 4.78 is 6.53. The lowest BCUT2D eigenvalue weighted by Gasteiger charge is -2.12. The molecule has 0 amide bonds. The zero-order chi connectivity index (χ0) is 12.3. The number of aromatic nitrogens is 1. The number of rotatable bonds is 3. The molecule has 1 aromatic carbocycles. The standard InChI is InChI=1S/C13H12BrNO2/c1-9(16)10-5-4-8-15-13(10)17-12-7-3-2-6-11(12)14/h2-9,16H,1H3/t9-/m1/s1. The number of benzene rings is 1.